The molecule has 132 valence electrons. The molecule has 0 fully saturated rings. The van der Waals surface area contributed by atoms with E-state index in [-0.39, 0.29) is 23.6 Å². The van der Waals surface area contributed by atoms with Gasteiger partial charge in [0.15, 0.2) is 0 Å². The normalized spacial score (nSPS) is 19.0. The second kappa shape index (κ2) is 6.63. The molecule has 1 N–H and O–H groups in total. The molecule has 4 rings (SSSR count). The number of fused-ring (bicyclic) bond motifs is 1. The summed E-state index contributed by atoms with van der Waals surface area (Å²) in [7, 11) is 1.66. The van der Waals surface area contributed by atoms with Gasteiger partial charge in [-0.15, -0.1) is 0 Å². The first kappa shape index (κ1) is 16.3. The van der Waals surface area contributed by atoms with Crippen LogP contribution in [0.25, 0.3) is 0 Å². The maximum Gasteiger partial charge on any atom is 0.252 e. The summed E-state index contributed by atoms with van der Waals surface area (Å²) in [6.45, 7) is 0. The SMILES string of the molecule is Cn1ccc(C(=O)N[C@H]2c3ccccc3CC[C@H]2n2ccnc2)cc1=O. The van der Waals surface area contributed by atoms with Crippen molar-refractivity contribution in [2.75, 3.05) is 0 Å². The number of pyridine rings is 1. The number of carbonyl (C=O) groups is 1. The molecule has 0 spiro atoms. The van der Waals surface area contributed by atoms with E-state index in [1.54, 1.807) is 31.8 Å². The predicted molar refractivity (Wildman–Crippen MR) is 97.9 cm³/mol. The molecule has 2 aromatic heterocycles. The van der Waals surface area contributed by atoms with Crippen LogP contribution in [0.3, 0.4) is 0 Å². The Morgan fingerprint density at radius 2 is 2.08 bits per heavy atom. The Morgan fingerprint density at radius 1 is 1.23 bits per heavy atom. The number of carbonyl (C=O) groups excluding carboxylic acids is 1. The Labute approximate surface area is 151 Å². The third-order valence-electron chi connectivity index (χ3n) is 5.05. The number of hydrogen-bond acceptors (Lipinski definition) is 3. The van der Waals surface area contributed by atoms with Crippen LogP contribution in [0.2, 0.25) is 0 Å². The molecule has 0 radical (unpaired) electrons. The zero-order valence-electron chi connectivity index (χ0n) is 14.5. The largest absolute Gasteiger partial charge is 0.343 e. The van der Waals surface area contributed by atoms with E-state index < -0.39 is 0 Å². The number of benzene rings is 1. The molecule has 0 saturated heterocycles. The van der Waals surface area contributed by atoms with Crippen LogP contribution in [0.15, 0.2) is 66.1 Å². The molecule has 6 nitrogen and oxygen atoms in total. The van der Waals surface area contributed by atoms with E-state index in [9.17, 15) is 9.59 Å². The highest BCUT2D eigenvalue weighted by atomic mass is 16.2. The van der Waals surface area contributed by atoms with E-state index >= 15 is 0 Å². The van der Waals surface area contributed by atoms with Crippen molar-refractivity contribution < 1.29 is 4.79 Å². The van der Waals surface area contributed by atoms with Gasteiger partial charge in [-0.25, -0.2) is 4.98 Å². The molecule has 2 atom stereocenters. The summed E-state index contributed by atoms with van der Waals surface area (Å²) >= 11 is 0. The molecule has 1 amide bonds. The standard InChI is InChI=1S/C20H20N4O2/c1-23-10-8-15(12-18(23)25)20(26)22-19-16-5-3-2-4-14(16)6-7-17(19)24-11-9-21-13-24/h2-5,8-13,17,19H,6-7H2,1H3,(H,22,26)/t17-,19+/m1/s1. The molecule has 2 heterocycles. The Hall–Kier alpha value is -3.15. The fourth-order valence-electron chi connectivity index (χ4n) is 3.62. The van der Waals surface area contributed by atoms with Gasteiger partial charge in [-0.2, -0.15) is 0 Å². The first-order valence-electron chi connectivity index (χ1n) is 8.66. The zero-order chi connectivity index (χ0) is 18.1. The van der Waals surface area contributed by atoms with Gasteiger partial charge >= 0.3 is 0 Å². The van der Waals surface area contributed by atoms with Crippen molar-refractivity contribution in [3.8, 4) is 0 Å². The van der Waals surface area contributed by atoms with Crippen molar-refractivity contribution in [1.29, 1.82) is 0 Å². The molecule has 0 bridgehead atoms. The number of rotatable bonds is 3. The average molecular weight is 348 g/mol. The van der Waals surface area contributed by atoms with E-state index in [4.69, 9.17) is 0 Å². The van der Waals surface area contributed by atoms with E-state index in [1.807, 2.05) is 22.9 Å². The van der Waals surface area contributed by atoms with Crippen LogP contribution in [-0.2, 0) is 13.5 Å². The summed E-state index contributed by atoms with van der Waals surface area (Å²) in [5, 5.41) is 3.14. The smallest absolute Gasteiger partial charge is 0.252 e. The van der Waals surface area contributed by atoms with Gasteiger partial charge in [0.1, 0.15) is 0 Å². The lowest BCUT2D eigenvalue weighted by atomic mass is 9.83. The summed E-state index contributed by atoms with van der Waals surface area (Å²) in [5.74, 6) is -0.241. The lowest BCUT2D eigenvalue weighted by molar-refractivity contribution is 0.0917. The monoisotopic (exact) mass is 348 g/mol. The van der Waals surface area contributed by atoms with E-state index in [0.29, 0.717) is 5.56 Å². The number of amides is 1. The Balaban J connectivity index is 1.69. The van der Waals surface area contributed by atoms with Gasteiger partial charge in [-0.3, -0.25) is 9.59 Å². The summed E-state index contributed by atoms with van der Waals surface area (Å²) in [6.07, 6.45) is 8.94. The highest BCUT2D eigenvalue weighted by Crippen LogP contribution is 2.37. The molecule has 26 heavy (non-hydrogen) atoms. The van der Waals surface area contributed by atoms with Gasteiger partial charge in [0, 0.05) is 37.3 Å². The third-order valence-corrected chi connectivity index (χ3v) is 5.05. The number of nitrogens with zero attached hydrogens (tertiary/aromatic N) is 3. The average Bonchev–Trinajstić information content (AvgIpc) is 3.18. The molecule has 1 aliphatic rings. The number of aryl methyl sites for hydroxylation is 2. The van der Waals surface area contributed by atoms with Gasteiger partial charge < -0.3 is 14.5 Å². The molecule has 1 aromatic carbocycles. The van der Waals surface area contributed by atoms with E-state index in [1.165, 1.54) is 16.2 Å². The van der Waals surface area contributed by atoms with Gasteiger partial charge in [-0.1, -0.05) is 24.3 Å². The van der Waals surface area contributed by atoms with Crippen molar-refractivity contribution in [3.63, 3.8) is 0 Å². The molecule has 1 aliphatic carbocycles. The summed E-state index contributed by atoms with van der Waals surface area (Å²) < 4.78 is 3.49. The number of nitrogens with one attached hydrogen (secondary N) is 1. The minimum atomic E-state index is -0.241. The van der Waals surface area contributed by atoms with Crippen LogP contribution in [0.1, 0.15) is 40.0 Å². The fraction of sp³-hybridized carbons (Fsp3) is 0.250. The van der Waals surface area contributed by atoms with Crippen LogP contribution in [0.4, 0.5) is 0 Å². The van der Waals surface area contributed by atoms with Crippen LogP contribution < -0.4 is 10.9 Å². The Kier molecular flexibility index (Phi) is 4.16. The highest BCUT2D eigenvalue weighted by molar-refractivity contribution is 5.94. The quantitative estimate of drug-likeness (QED) is 0.789. The summed E-state index contributed by atoms with van der Waals surface area (Å²) in [6, 6.07) is 11.1. The fourth-order valence-corrected chi connectivity index (χ4v) is 3.62. The molecule has 3 aromatic rings. The Morgan fingerprint density at radius 3 is 2.85 bits per heavy atom. The van der Waals surface area contributed by atoms with Crippen molar-refractivity contribution >= 4 is 5.91 Å². The van der Waals surface area contributed by atoms with Gasteiger partial charge in [0.05, 0.1) is 18.4 Å². The van der Waals surface area contributed by atoms with E-state index in [2.05, 4.69) is 22.4 Å². The van der Waals surface area contributed by atoms with Crippen molar-refractivity contribution in [2.24, 2.45) is 7.05 Å². The van der Waals surface area contributed by atoms with Crippen LogP contribution in [-0.4, -0.2) is 20.0 Å². The van der Waals surface area contributed by atoms with Gasteiger partial charge in [-0.05, 0) is 30.0 Å². The lowest BCUT2D eigenvalue weighted by Gasteiger charge is -2.35. The van der Waals surface area contributed by atoms with Gasteiger partial charge in [0.2, 0.25) is 0 Å². The first-order valence-corrected chi connectivity index (χ1v) is 8.66. The van der Waals surface area contributed by atoms with Gasteiger partial charge in [0.25, 0.3) is 11.5 Å². The topological polar surface area (TPSA) is 68.9 Å². The Bertz CT molecular complexity index is 991. The minimum Gasteiger partial charge on any atom is -0.343 e. The molecular formula is C20H20N4O2. The lowest BCUT2D eigenvalue weighted by Crippen LogP contribution is -2.37. The third kappa shape index (κ3) is 2.94. The highest BCUT2D eigenvalue weighted by Gasteiger charge is 2.31. The number of imidazole rings is 1. The van der Waals surface area contributed by atoms with Crippen molar-refractivity contribution in [1.82, 2.24) is 19.4 Å². The predicted octanol–water partition coefficient (Wildman–Crippen LogP) is 2.24. The maximum atomic E-state index is 12.8. The number of aromatic nitrogens is 3. The van der Waals surface area contributed by atoms with Crippen LogP contribution >= 0.6 is 0 Å². The van der Waals surface area contributed by atoms with Crippen molar-refractivity contribution in [3.05, 3.63) is 88.4 Å². The van der Waals surface area contributed by atoms with Crippen LogP contribution in [0, 0.1) is 0 Å². The minimum absolute atomic E-state index is 0.0860. The van der Waals surface area contributed by atoms with E-state index in [0.717, 1.165) is 18.4 Å². The molecule has 6 heteroatoms. The first-order chi connectivity index (χ1) is 12.6. The molecule has 0 saturated carbocycles. The molecular weight excluding hydrogens is 328 g/mol. The number of hydrogen-bond donors (Lipinski definition) is 1. The van der Waals surface area contributed by atoms with Crippen molar-refractivity contribution in [2.45, 2.75) is 24.9 Å². The molecule has 0 unspecified atom stereocenters. The van der Waals surface area contributed by atoms with Crippen LogP contribution in [0.5, 0.6) is 0 Å². The second-order valence-corrected chi connectivity index (χ2v) is 6.63. The second-order valence-electron chi connectivity index (χ2n) is 6.63. The summed E-state index contributed by atoms with van der Waals surface area (Å²) in [5.41, 5.74) is 2.54. The maximum absolute atomic E-state index is 12.8. The zero-order valence-corrected chi connectivity index (χ0v) is 14.5. The molecule has 0 aliphatic heterocycles. The summed E-state index contributed by atoms with van der Waals surface area (Å²) in [4.78, 5) is 28.8.